The number of nitrogens with two attached hydrogens (primary N) is 1. The van der Waals surface area contributed by atoms with Gasteiger partial charge < -0.3 is 15.2 Å². The smallest absolute Gasteiger partial charge is 0.259 e. The summed E-state index contributed by atoms with van der Waals surface area (Å²) in [6, 6.07) is 8.82. The van der Waals surface area contributed by atoms with E-state index < -0.39 is 0 Å². The number of pyridine rings is 1. The van der Waals surface area contributed by atoms with Crippen LogP contribution in [0.25, 0.3) is 5.69 Å². The van der Waals surface area contributed by atoms with Gasteiger partial charge in [0.15, 0.2) is 11.5 Å². The minimum absolute atomic E-state index is 0.128. The zero-order valence-corrected chi connectivity index (χ0v) is 10.9. The molecule has 0 aliphatic carbocycles. The second kappa shape index (κ2) is 5.58. The van der Waals surface area contributed by atoms with Crippen molar-refractivity contribution in [1.82, 2.24) is 4.57 Å². The molecule has 0 radical (unpaired) electrons. The van der Waals surface area contributed by atoms with Gasteiger partial charge in [-0.15, -0.1) is 0 Å². The lowest BCUT2D eigenvalue weighted by atomic mass is 10.2. The molecule has 2 aromatic rings. The molecule has 2 N–H and O–H groups in total. The fraction of sp³-hybridized carbons (Fsp3) is 0.214. The van der Waals surface area contributed by atoms with Crippen LogP contribution in [0.4, 0.5) is 0 Å². The molecule has 0 saturated carbocycles. The minimum atomic E-state index is -0.128. The zero-order chi connectivity index (χ0) is 13.8. The van der Waals surface area contributed by atoms with E-state index in [2.05, 4.69) is 0 Å². The predicted octanol–water partition coefficient (Wildman–Crippen LogP) is 1.31. The predicted molar refractivity (Wildman–Crippen MR) is 73.0 cm³/mol. The van der Waals surface area contributed by atoms with Gasteiger partial charge in [-0.25, -0.2) is 0 Å². The van der Waals surface area contributed by atoms with Crippen LogP contribution < -0.4 is 20.8 Å². The number of nitrogens with zero attached hydrogens (tertiary/aromatic N) is 1. The summed E-state index contributed by atoms with van der Waals surface area (Å²) in [4.78, 5) is 12.2. The first-order valence-corrected chi connectivity index (χ1v) is 5.84. The summed E-state index contributed by atoms with van der Waals surface area (Å²) in [7, 11) is 3.12. The van der Waals surface area contributed by atoms with Crippen LogP contribution in [0.3, 0.4) is 0 Å². The quantitative estimate of drug-likeness (QED) is 0.900. The SMILES string of the molecule is COc1ccc(-n2cccc(CN)c2=O)cc1OC. The number of benzene rings is 1. The van der Waals surface area contributed by atoms with Crippen LogP contribution in [0.2, 0.25) is 0 Å². The molecule has 100 valence electrons. The summed E-state index contributed by atoms with van der Waals surface area (Å²) >= 11 is 0. The Morgan fingerprint density at radius 3 is 2.53 bits per heavy atom. The summed E-state index contributed by atoms with van der Waals surface area (Å²) < 4.78 is 11.9. The van der Waals surface area contributed by atoms with Crippen LogP contribution in [0.1, 0.15) is 5.56 Å². The third-order valence-electron chi connectivity index (χ3n) is 2.89. The number of hydrogen-bond donors (Lipinski definition) is 1. The van der Waals surface area contributed by atoms with Gasteiger partial charge in [0, 0.05) is 24.4 Å². The lowest BCUT2D eigenvalue weighted by molar-refractivity contribution is 0.355. The van der Waals surface area contributed by atoms with Crippen molar-refractivity contribution in [2.45, 2.75) is 6.54 Å². The van der Waals surface area contributed by atoms with Crippen LogP contribution in [0, 0.1) is 0 Å². The van der Waals surface area contributed by atoms with Gasteiger partial charge in [0.1, 0.15) is 0 Å². The van der Waals surface area contributed by atoms with Crippen molar-refractivity contribution in [3.63, 3.8) is 0 Å². The van der Waals surface area contributed by atoms with E-state index in [0.717, 1.165) is 0 Å². The molecule has 0 spiro atoms. The topological polar surface area (TPSA) is 66.5 Å². The molecule has 0 amide bonds. The van der Waals surface area contributed by atoms with Crippen molar-refractivity contribution in [3.05, 3.63) is 52.4 Å². The summed E-state index contributed by atoms with van der Waals surface area (Å²) in [6.07, 6.45) is 1.70. The van der Waals surface area contributed by atoms with E-state index >= 15 is 0 Å². The minimum Gasteiger partial charge on any atom is -0.493 e. The normalized spacial score (nSPS) is 10.3. The average Bonchev–Trinajstić information content (AvgIpc) is 2.46. The van der Waals surface area contributed by atoms with Crippen LogP contribution in [-0.2, 0) is 6.54 Å². The number of ether oxygens (including phenoxy) is 2. The molecule has 1 aromatic heterocycles. The van der Waals surface area contributed by atoms with E-state index in [1.165, 1.54) is 4.57 Å². The van der Waals surface area contributed by atoms with Crippen LogP contribution in [-0.4, -0.2) is 18.8 Å². The molecule has 0 atom stereocenters. The summed E-state index contributed by atoms with van der Waals surface area (Å²) in [6.45, 7) is 0.215. The molecule has 5 heteroatoms. The molecule has 0 saturated heterocycles. The van der Waals surface area contributed by atoms with Crippen molar-refractivity contribution < 1.29 is 9.47 Å². The first-order chi connectivity index (χ1) is 9.21. The standard InChI is InChI=1S/C14H16N2O3/c1-18-12-6-5-11(8-13(12)19-2)16-7-3-4-10(9-15)14(16)17/h3-8H,9,15H2,1-2H3. The van der Waals surface area contributed by atoms with Crippen molar-refractivity contribution in [2.75, 3.05) is 14.2 Å². The van der Waals surface area contributed by atoms with E-state index in [1.54, 1.807) is 50.7 Å². The van der Waals surface area contributed by atoms with Crippen LogP contribution >= 0.6 is 0 Å². The Hall–Kier alpha value is -2.27. The Bertz CT molecular complexity index is 635. The molecule has 2 rings (SSSR count). The van der Waals surface area contributed by atoms with Gasteiger partial charge in [-0.1, -0.05) is 6.07 Å². The van der Waals surface area contributed by atoms with Crippen molar-refractivity contribution in [3.8, 4) is 17.2 Å². The van der Waals surface area contributed by atoms with Gasteiger partial charge >= 0.3 is 0 Å². The molecular formula is C14H16N2O3. The van der Waals surface area contributed by atoms with E-state index in [9.17, 15) is 4.79 Å². The molecule has 0 bridgehead atoms. The number of methoxy groups -OCH3 is 2. The maximum Gasteiger partial charge on any atom is 0.259 e. The highest BCUT2D eigenvalue weighted by molar-refractivity contribution is 5.49. The lowest BCUT2D eigenvalue weighted by Crippen LogP contribution is -2.23. The Balaban J connectivity index is 2.56. The average molecular weight is 260 g/mol. The molecule has 0 unspecified atom stereocenters. The van der Waals surface area contributed by atoms with E-state index in [-0.39, 0.29) is 12.1 Å². The third kappa shape index (κ3) is 2.46. The maximum absolute atomic E-state index is 12.2. The Kier molecular flexibility index (Phi) is 3.87. The summed E-state index contributed by atoms with van der Waals surface area (Å²) in [5.74, 6) is 1.19. The fourth-order valence-electron chi connectivity index (χ4n) is 1.87. The van der Waals surface area contributed by atoms with E-state index in [1.807, 2.05) is 0 Å². The van der Waals surface area contributed by atoms with Gasteiger partial charge in [0.2, 0.25) is 0 Å². The van der Waals surface area contributed by atoms with Gasteiger partial charge in [-0.05, 0) is 18.2 Å². The zero-order valence-electron chi connectivity index (χ0n) is 10.9. The van der Waals surface area contributed by atoms with Gasteiger partial charge in [-0.2, -0.15) is 0 Å². The summed E-state index contributed by atoms with van der Waals surface area (Å²) in [5, 5.41) is 0. The lowest BCUT2D eigenvalue weighted by Gasteiger charge is -2.11. The van der Waals surface area contributed by atoms with E-state index in [4.69, 9.17) is 15.2 Å². The number of aromatic nitrogens is 1. The highest BCUT2D eigenvalue weighted by Gasteiger charge is 2.08. The fourth-order valence-corrected chi connectivity index (χ4v) is 1.87. The van der Waals surface area contributed by atoms with Crippen LogP contribution in [0.15, 0.2) is 41.3 Å². The number of hydrogen-bond acceptors (Lipinski definition) is 4. The molecule has 0 fully saturated rings. The number of rotatable bonds is 4. The summed E-state index contributed by atoms with van der Waals surface area (Å²) in [5.41, 5.74) is 6.69. The molecule has 1 aromatic carbocycles. The highest BCUT2D eigenvalue weighted by atomic mass is 16.5. The molecule has 5 nitrogen and oxygen atoms in total. The monoisotopic (exact) mass is 260 g/mol. The van der Waals surface area contributed by atoms with Crippen LogP contribution in [0.5, 0.6) is 11.5 Å². The second-order valence-corrected chi connectivity index (χ2v) is 3.95. The van der Waals surface area contributed by atoms with E-state index in [0.29, 0.717) is 22.7 Å². The Morgan fingerprint density at radius 2 is 1.89 bits per heavy atom. The van der Waals surface area contributed by atoms with Crippen molar-refractivity contribution in [1.29, 1.82) is 0 Å². The molecular weight excluding hydrogens is 244 g/mol. The van der Waals surface area contributed by atoms with Crippen molar-refractivity contribution >= 4 is 0 Å². The Morgan fingerprint density at radius 1 is 1.16 bits per heavy atom. The van der Waals surface area contributed by atoms with Gasteiger partial charge in [0.25, 0.3) is 5.56 Å². The molecule has 19 heavy (non-hydrogen) atoms. The largest absolute Gasteiger partial charge is 0.493 e. The first kappa shape index (κ1) is 13.2. The van der Waals surface area contributed by atoms with Crippen molar-refractivity contribution in [2.24, 2.45) is 5.73 Å². The molecule has 0 aliphatic rings. The van der Waals surface area contributed by atoms with Gasteiger partial charge in [-0.3, -0.25) is 9.36 Å². The highest BCUT2D eigenvalue weighted by Crippen LogP contribution is 2.28. The second-order valence-electron chi connectivity index (χ2n) is 3.95. The van der Waals surface area contributed by atoms with Gasteiger partial charge in [0.05, 0.1) is 19.9 Å². The Labute approximate surface area is 111 Å². The molecule has 1 heterocycles. The third-order valence-corrected chi connectivity index (χ3v) is 2.89. The molecule has 0 aliphatic heterocycles. The maximum atomic E-state index is 12.2. The first-order valence-electron chi connectivity index (χ1n) is 5.84.